The van der Waals surface area contributed by atoms with E-state index in [0.29, 0.717) is 11.3 Å². The minimum absolute atomic E-state index is 0.0550. The number of nitrogens with zero attached hydrogens (tertiary/aromatic N) is 1. The Kier molecular flexibility index (Phi) is 3.80. The molecule has 19 heavy (non-hydrogen) atoms. The van der Waals surface area contributed by atoms with E-state index in [2.05, 4.69) is 24.8 Å². The Morgan fingerprint density at radius 2 is 2.21 bits per heavy atom. The summed E-state index contributed by atoms with van der Waals surface area (Å²) in [7, 11) is 1.60. The van der Waals surface area contributed by atoms with Gasteiger partial charge in [0.25, 0.3) is 0 Å². The quantitative estimate of drug-likeness (QED) is 0.646. The molecule has 1 aliphatic rings. The van der Waals surface area contributed by atoms with Crippen molar-refractivity contribution in [2.24, 2.45) is 5.73 Å². The van der Waals surface area contributed by atoms with Crippen LogP contribution in [0.3, 0.4) is 0 Å². The van der Waals surface area contributed by atoms with Crippen molar-refractivity contribution >= 4 is 5.84 Å². The fraction of sp³-hybridized carbons (Fsp3) is 0.533. The number of hydrogen-bond acceptors (Lipinski definition) is 3. The first-order chi connectivity index (χ1) is 8.94. The van der Waals surface area contributed by atoms with Gasteiger partial charge in [0.2, 0.25) is 0 Å². The zero-order valence-electron chi connectivity index (χ0n) is 12.0. The standard InChI is InChI=1S/C15H23N3O/c1-15(2)7-4-8-18(15)10-11-5-6-13(19-3)12(9-11)14(16)17/h5-6,9H,4,7-8,10H2,1-3H3,(H3,16,17). The Hall–Kier alpha value is -1.55. The summed E-state index contributed by atoms with van der Waals surface area (Å²) < 4.78 is 5.24. The summed E-state index contributed by atoms with van der Waals surface area (Å²) in [6.45, 7) is 6.61. The minimum atomic E-state index is 0.0550. The summed E-state index contributed by atoms with van der Waals surface area (Å²) in [5.41, 5.74) is 7.73. The number of methoxy groups -OCH3 is 1. The highest BCUT2D eigenvalue weighted by atomic mass is 16.5. The Morgan fingerprint density at radius 3 is 2.74 bits per heavy atom. The number of nitrogens with two attached hydrogens (primary N) is 1. The molecule has 1 aromatic rings. The smallest absolute Gasteiger partial charge is 0.129 e. The predicted octanol–water partition coefficient (Wildman–Crippen LogP) is 2.35. The number of amidine groups is 1. The third-order valence-corrected chi connectivity index (χ3v) is 4.00. The highest BCUT2D eigenvalue weighted by Gasteiger charge is 2.31. The SMILES string of the molecule is COc1ccc(CN2CCCC2(C)C)cc1C(=N)N. The van der Waals surface area contributed by atoms with Gasteiger partial charge in [-0.15, -0.1) is 0 Å². The fourth-order valence-electron chi connectivity index (χ4n) is 2.74. The summed E-state index contributed by atoms with van der Waals surface area (Å²) in [5.74, 6) is 0.719. The monoisotopic (exact) mass is 261 g/mol. The minimum Gasteiger partial charge on any atom is -0.496 e. The molecule has 0 unspecified atom stereocenters. The van der Waals surface area contributed by atoms with Gasteiger partial charge in [-0.05, 0) is 50.9 Å². The molecule has 1 fully saturated rings. The highest BCUT2D eigenvalue weighted by molar-refractivity contribution is 5.97. The second-order valence-electron chi connectivity index (χ2n) is 5.79. The topological polar surface area (TPSA) is 62.3 Å². The predicted molar refractivity (Wildman–Crippen MR) is 77.7 cm³/mol. The zero-order chi connectivity index (χ0) is 14.0. The first-order valence-electron chi connectivity index (χ1n) is 6.70. The molecule has 4 heteroatoms. The molecular weight excluding hydrogens is 238 g/mol. The van der Waals surface area contributed by atoms with Crippen molar-refractivity contribution in [3.63, 3.8) is 0 Å². The van der Waals surface area contributed by atoms with Crippen LogP contribution in [0.5, 0.6) is 5.75 Å². The average molecular weight is 261 g/mol. The van der Waals surface area contributed by atoms with E-state index in [9.17, 15) is 0 Å². The molecule has 3 N–H and O–H groups in total. The van der Waals surface area contributed by atoms with E-state index in [1.807, 2.05) is 12.1 Å². The van der Waals surface area contributed by atoms with Crippen molar-refractivity contribution in [1.82, 2.24) is 4.90 Å². The lowest BCUT2D eigenvalue weighted by molar-refractivity contribution is 0.166. The second-order valence-corrected chi connectivity index (χ2v) is 5.79. The third kappa shape index (κ3) is 2.89. The summed E-state index contributed by atoms with van der Waals surface area (Å²) in [6, 6.07) is 5.92. The zero-order valence-corrected chi connectivity index (χ0v) is 12.0. The molecule has 0 radical (unpaired) electrons. The molecule has 0 saturated carbocycles. The Labute approximate surface area is 115 Å². The molecule has 0 amide bonds. The van der Waals surface area contributed by atoms with Gasteiger partial charge in [-0.25, -0.2) is 0 Å². The average Bonchev–Trinajstić information content (AvgIpc) is 2.68. The van der Waals surface area contributed by atoms with Gasteiger partial charge in [0.15, 0.2) is 0 Å². The second kappa shape index (κ2) is 5.21. The highest BCUT2D eigenvalue weighted by Crippen LogP contribution is 2.30. The molecule has 0 atom stereocenters. The van der Waals surface area contributed by atoms with E-state index in [0.717, 1.165) is 13.1 Å². The van der Waals surface area contributed by atoms with Crippen LogP contribution >= 0.6 is 0 Å². The third-order valence-electron chi connectivity index (χ3n) is 4.00. The number of nitrogens with one attached hydrogen (secondary N) is 1. The van der Waals surface area contributed by atoms with Gasteiger partial charge in [0, 0.05) is 12.1 Å². The van der Waals surface area contributed by atoms with E-state index in [1.165, 1.54) is 18.4 Å². The van der Waals surface area contributed by atoms with Crippen molar-refractivity contribution in [3.8, 4) is 5.75 Å². The van der Waals surface area contributed by atoms with Crippen LogP contribution in [0.2, 0.25) is 0 Å². The lowest BCUT2D eigenvalue weighted by Gasteiger charge is -2.31. The number of nitrogen functional groups attached to an aromatic ring is 1. The largest absolute Gasteiger partial charge is 0.496 e. The number of likely N-dealkylation sites (tertiary alicyclic amines) is 1. The molecule has 0 aliphatic carbocycles. The van der Waals surface area contributed by atoms with Crippen molar-refractivity contribution in [1.29, 1.82) is 5.41 Å². The number of ether oxygens (including phenoxy) is 1. The molecule has 1 saturated heterocycles. The van der Waals surface area contributed by atoms with Crippen molar-refractivity contribution in [3.05, 3.63) is 29.3 Å². The lowest BCUT2D eigenvalue weighted by atomic mass is 10.0. The summed E-state index contributed by atoms with van der Waals surface area (Å²) in [6.07, 6.45) is 2.49. The molecule has 0 spiro atoms. The maximum Gasteiger partial charge on any atom is 0.129 e. The molecule has 4 nitrogen and oxygen atoms in total. The van der Waals surface area contributed by atoms with Crippen LogP contribution in [0.25, 0.3) is 0 Å². The van der Waals surface area contributed by atoms with Gasteiger partial charge >= 0.3 is 0 Å². The van der Waals surface area contributed by atoms with E-state index < -0.39 is 0 Å². The van der Waals surface area contributed by atoms with Gasteiger partial charge in [0.1, 0.15) is 11.6 Å². The number of benzene rings is 1. The first-order valence-corrected chi connectivity index (χ1v) is 6.70. The van der Waals surface area contributed by atoms with Crippen LogP contribution in [-0.2, 0) is 6.54 Å². The Morgan fingerprint density at radius 1 is 1.47 bits per heavy atom. The van der Waals surface area contributed by atoms with Crippen molar-refractivity contribution < 1.29 is 4.74 Å². The van der Waals surface area contributed by atoms with Crippen LogP contribution in [0.4, 0.5) is 0 Å². The van der Waals surface area contributed by atoms with Gasteiger partial charge in [-0.2, -0.15) is 0 Å². The summed E-state index contributed by atoms with van der Waals surface area (Å²) >= 11 is 0. The first kappa shape index (κ1) is 13.9. The number of hydrogen-bond donors (Lipinski definition) is 2. The molecule has 1 heterocycles. The molecule has 0 bridgehead atoms. The Balaban J connectivity index is 2.22. The van der Waals surface area contributed by atoms with Crippen LogP contribution in [0.15, 0.2) is 18.2 Å². The van der Waals surface area contributed by atoms with Gasteiger partial charge in [-0.1, -0.05) is 6.07 Å². The molecular formula is C15H23N3O. The Bertz CT molecular complexity index is 482. The van der Waals surface area contributed by atoms with Crippen molar-refractivity contribution in [2.45, 2.75) is 38.8 Å². The van der Waals surface area contributed by atoms with E-state index in [-0.39, 0.29) is 11.4 Å². The van der Waals surface area contributed by atoms with Crippen LogP contribution in [0.1, 0.15) is 37.8 Å². The van der Waals surface area contributed by atoms with E-state index in [1.54, 1.807) is 7.11 Å². The molecule has 1 aromatic carbocycles. The van der Waals surface area contributed by atoms with Crippen LogP contribution in [0, 0.1) is 5.41 Å². The van der Waals surface area contributed by atoms with Crippen molar-refractivity contribution in [2.75, 3.05) is 13.7 Å². The van der Waals surface area contributed by atoms with E-state index >= 15 is 0 Å². The van der Waals surface area contributed by atoms with Crippen LogP contribution < -0.4 is 10.5 Å². The van der Waals surface area contributed by atoms with Gasteiger partial charge in [0.05, 0.1) is 12.7 Å². The van der Waals surface area contributed by atoms with Crippen LogP contribution in [-0.4, -0.2) is 29.9 Å². The molecule has 104 valence electrons. The molecule has 1 aliphatic heterocycles. The summed E-state index contributed by atoms with van der Waals surface area (Å²) in [4.78, 5) is 2.48. The molecule has 0 aromatic heterocycles. The normalized spacial score (nSPS) is 18.5. The maximum absolute atomic E-state index is 7.62. The lowest BCUT2D eigenvalue weighted by Crippen LogP contribution is -2.37. The van der Waals surface area contributed by atoms with Gasteiger partial charge in [-0.3, -0.25) is 10.3 Å². The van der Waals surface area contributed by atoms with Gasteiger partial charge < -0.3 is 10.5 Å². The number of rotatable bonds is 4. The summed E-state index contributed by atoms with van der Waals surface area (Å²) in [5, 5.41) is 7.62. The van der Waals surface area contributed by atoms with E-state index in [4.69, 9.17) is 15.9 Å². The molecule has 2 rings (SSSR count). The fourth-order valence-corrected chi connectivity index (χ4v) is 2.74. The maximum atomic E-state index is 7.62.